The molecule has 1 saturated heterocycles. The van der Waals surface area contributed by atoms with E-state index >= 15 is 0 Å². The van der Waals surface area contributed by atoms with Crippen molar-refractivity contribution in [3.63, 3.8) is 0 Å². The number of allylic oxidation sites excluding steroid dienone is 2. The molecule has 1 unspecified atom stereocenters. The molecular weight excluding hydrogens is 457 g/mol. The van der Waals surface area contributed by atoms with Crippen LogP contribution in [-0.4, -0.2) is 47.4 Å². The summed E-state index contributed by atoms with van der Waals surface area (Å²) in [6, 6.07) is 19.9. The number of hydrogen-bond donors (Lipinski definition) is 0. The molecule has 4 rings (SSSR count). The molecular formula is C21H23OPSe2. The zero-order chi connectivity index (χ0) is 17.6. The van der Waals surface area contributed by atoms with E-state index in [1.54, 1.807) is 18.3 Å². The summed E-state index contributed by atoms with van der Waals surface area (Å²) < 4.78 is 6.17. The Morgan fingerprint density at radius 2 is 1.68 bits per heavy atom. The summed E-state index contributed by atoms with van der Waals surface area (Å²) in [7, 11) is 1.74. The molecule has 2 heterocycles. The molecule has 0 amide bonds. The van der Waals surface area contributed by atoms with Gasteiger partial charge in [0.2, 0.25) is 0 Å². The number of hydrogen-bond acceptors (Lipinski definition) is 1. The van der Waals surface area contributed by atoms with E-state index in [1.165, 1.54) is 17.3 Å². The molecule has 2 aliphatic heterocycles. The number of ether oxygens (including phenoxy) is 1. The SMILES string of the molecule is COc1ccc([C@@H]2[Se][C@@H]3C(C)=C(C)[C@H]2P3(=[Se])Cc2ccccc2)cc1. The predicted octanol–water partition coefficient (Wildman–Crippen LogP) is 4.80. The van der Waals surface area contributed by atoms with Crippen molar-refractivity contribution >= 4 is 35.6 Å². The third-order valence-electron chi connectivity index (χ3n) is 5.58. The number of methoxy groups -OCH3 is 1. The molecule has 0 spiro atoms. The van der Waals surface area contributed by atoms with Crippen LogP contribution in [0.1, 0.15) is 29.8 Å². The molecule has 0 radical (unpaired) electrons. The average Bonchev–Trinajstić information content (AvgIpc) is 3.02. The molecule has 1 nitrogen and oxygen atoms in total. The van der Waals surface area contributed by atoms with Gasteiger partial charge in [-0.05, 0) is 0 Å². The van der Waals surface area contributed by atoms with Gasteiger partial charge >= 0.3 is 165 Å². The van der Waals surface area contributed by atoms with Gasteiger partial charge in [0.15, 0.2) is 0 Å². The van der Waals surface area contributed by atoms with E-state index in [9.17, 15) is 0 Å². The van der Waals surface area contributed by atoms with Gasteiger partial charge in [-0.2, -0.15) is 0 Å². The van der Waals surface area contributed by atoms with Crippen molar-refractivity contribution in [1.82, 2.24) is 0 Å². The van der Waals surface area contributed by atoms with Crippen LogP contribution in [0.15, 0.2) is 65.7 Å². The maximum absolute atomic E-state index is 5.35. The van der Waals surface area contributed by atoms with Gasteiger partial charge in [0.25, 0.3) is 0 Å². The van der Waals surface area contributed by atoms with E-state index in [0.29, 0.717) is 19.8 Å². The first kappa shape index (κ1) is 17.8. The Bertz CT molecular complexity index is 857. The predicted molar refractivity (Wildman–Crippen MR) is 110 cm³/mol. The van der Waals surface area contributed by atoms with E-state index in [-0.39, 0.29) is 0 Å². The minimum atomic E-state index is -1.17. The quantitative estimate of drug-likeness (QED) is 0.347. The van der Waals surface area contributed by atoms with Crippen LogP contribution in [0, 0.1) is 0 Å². The molecule has 0 aliphatic carbocycles. The Labute approximate surface area is 164 Å². The van der Waals surface area contributed by atoms with Crippen molar-refractivity contribution in [3.8, 4) is 5.75 Å². The molecule has 0 aromatic heterocycles. The summed E-state index contributed by atoms with van der Waals surface area (Å²) in [5.41, 5.74) is 5.93. The van der Waals surface area contributed by atoms with Crippen LogP contribution < -0.4 is 4.74 Å². The Kier molecular flexibility index (Phi) is 4.91. The Morgan fingerprint density at radius 1 is 1.00 bits per heavy atom. The van der Waals surface area contributed by atoms with Gasteiger partial charge < -0.3 is 0 Å². The monoisotopic (exact) mass is 482 g/mol. The van der Waals surface area contributed by atoms with Crippen LogP contribution in [0.3, 0.4) is 0 Å². The van der Waals surface area contributed by atoms with Crippen molar-refractivity contribution in [2.24, 2.45) is 0 Å². The van der Waals surface area contributed by atoms with Crippen LogP contribution in [0.25, 0.3) is 0 Å². The van der Waals surface area contributed by atoms with Gasteiger partial charge in [-0.1, -0.05) is 0 Å². The molecule has 130 valence electrons. The molecule has 4 heteroatoms. The van der Waals surface area contributed by atoms with Crippen LogP contribution in [0.5, 0.6) is 5.75 Å². The van der Waals surface area contributed by atoms with Gasteiger partial charge in [0, 0.05) is 0 Å². The van der Waals surface area contributed by atoms with Gasteiger partial charge in [-0.25, -0.2) is 0 Å². The molecule has 2 aromatic carbocycles. The molecule has 1 fully saturated rings. The Morgan fingerprint density at radius 3 is 2.32 bits per heavy atom. The summed E-state index contributed by atoms with van der Waals surface area (Å²) in [5.74, 6) is 0.955. The van der Waals surface area contributed by atoms with Gasteiger partial charge in [0.05, 0.1) is 0 Å². The standard InChI is InChI=1S/C21H23OPSe2/c1-14-15(2)21-23(24,13-16-7-5-4-6-8-16)19(14)20(25-21)17-9-11-18(22-3)12-10-17/h4-12,19-21H,13H2,1-3H3/t19-,20+,21-,23?/m1/s1. The molecule has 2 aromatic rings. The topological polar surface area (TPSA) is 9.23 Å². The summed E-state index contributed by atoms with van der Waals surface area (Å²) in [6.45, 7) is 4.78. The van der Waals surface area contributed by atoms with Crippen molar-refractivity contribution in [2.45, 2.75) is 35.0 Å². The summed E-state index contributed by atoms with van der Waals surface area (Å²) in [6.07, 6.45) is 1.24. The first-order valence-electron chi connectivity index (χ1n) is 8.63. The van der Waals surface area contributed by atoms with Crippen LogP contribution in [-0.2, 0) is 6.16 Å². The maximum atomic E-state index is 5.35. The van der Waals surface area contributed by atoms with Crippen molar-refractivity contribution in [1.29, 1.82) is 0 Å². The fourth-order valence-corrected chi connectivity index (χ4v) is 22.5. The molecule has 2 aliphatic rings. The fraction of sp³-hybridized carbons (Fsp3) is 0.333. The molecule has 2 bridgehead atoms. The van der Waals surface area contributed by atoms with E-state index in [0.717, 1.165) is 16.0 Å². The van der Waals surface area contributed by atoms with E-state index in [1.807, 2.05) is 0 Å². The summed E-state index contributed by atoms with van der Waals surface area (Å²) in [5, 5.41) is 0. The summed E-state index contributed by atoms with van der Waals surface area (Å²) >= 11 is 4.44. The zero-order valence-electron chi connectivity index (χ0n) is 14.8. The van der Waals surface area contributed by atoms with Crippen molar-refractivity contribution in [3.05, 3.63) is 76.9 Å². The first-order valence-corrected chi connectivity index (χ1v) is 14.9. The molecule has 0 saturated carbocycles. The third-order valence-corrected chi connectivity index (χ3v) is 21.3. The van der Waals surface area contributed by atoms with E-state index in [4.69, 9.17) is 4.74 Å². The average molecular weight is 480 g/mol. The third kappa shape index (κ3) is 2.95. The molecule has 0 N–H and O–H groups in total. The van der Waals surface area contributed by atoms with Gasteiger partial charge in [-0.15, -0.1) is 0 Å². The number of benzene rings is 2. The van der Waals surface area contributed by atoms with Gasteiger partial charge in [-0.3, -0.25) is 0 Å². The van der Waals surface area contributed by atoms with Crippen LogP contribution >= 0.6 is 5.51 Å². The second kappa shape index (κ2) is 6.88. The normalized spacial score (nSPS) is 30.8. The molecule has 25 heavy (non-hydrogen) atoms. The van der Waals surface area contributed by atoms with Crippen molar-refractivity contribution in [2.75, 3.05) is 7.11 Å². The number of fused-ring (bicyclic) bond motifs is 2. The minimum absolute atomic E-state index is 0.636. The van der Waals surface area contributed by atoms with Crippen LogP contribution in [0.4, 0.5) is 0 Å². The second-order valence-electron chi connectivity index (χ2n) is 6.99. The van der Waals surface area contributed by atoms with Crippen molar-refractivity contribution < 1.29 is 4.74 Å². The second-order valence-corrected chi connectivity index (χ2v) is 17.8. The molecule has 4 atom stereocenters. The van der Waals surface area contributed by atoms with Crippen LogP contribution in [0.2, 0.25) is 0 Å². The zero-order valence-corrected chi connectivity index (χ0v) is 19.1. The summed E-state index contributed by atoms with van der Waals surface area (Å²) in [4.78, 5) is 0.713. The Balaban J connectivity index is 1.70. The Hall–Kier alpha value is -0.551. The van der Waals surface area contributed by atoms with E-state index in [2.05, 4.69) is 83.5 Å². The fourth-order valence-electron chi connectivity index (χ4n) is 4.21. The van der Waals surface area contributed by atoms with Gasteiger partial charge in [0.1, 0.15) is 0 Å². The number of rotatable bonds is 4. The first-order chi connectivity index (χ1) is 12.0. The van der Waals surface area contributed by atoms with E-state index < -0.39 is 5.51 Å².